The molecule has 0 aliphatic rings. The molecule has 0 unspecified atom stereocenters. The number of anilines is 1. The number of thiazole rings is 1. The van der Waals surface area contributed by atoms with Gasteiger partial charge < -0.3 is 14.8 Å². The summed E-state index contributed by atoms with van der Waals surface area (Å²) in [6.45, 7) is -0.526. The minimum atomic E-state index is -4.79. The molecule has 1 aromatic carbocycles. The van der Waals surface area contributed by atoms with Crippen LogP contribution in [0.25, 0.3) is 4.96 Å². The largest absolute Gasteiger partial charge is 0.573 e. The molecular weight excluding hydrogens is 387 g/mol. The predicted octanol–water partition coefficient (Wildman–Crippen LogP) is 3.02. The fraction of sp³-hybridized carbons (Fsp3) is 0.188. The van der Waals surface area contributed by atoms with Crippen LogP contribution in [0.5, 0.6) is 5.75 Å². The molecule has 142 valence electrons. The van der Waals surface area contributed by atoms with Crippen molar-refractivity contribution in [1.29, 1.82) is 0 Å². The summed E-state index contributed by atoms with van der Waals surface area (Å²) in [7, 11) is 0. The van der Waals surface area contributed by atoms with Gasteiger partial charge in [0.05, 0.1) is 12.1 Å². The van der Waals surface area contributed by atoms with Crippen molar-refractivity contribution in [2.75, 3.05) is 11.9 Å². The number of carbonyl (C=O) groups excluding carboxylic acids is 2. The minimum Gasteiger partial charge on any atom is -0.455 e. The lowest BCUT2D eigenvalue weighted by molar-refractivity contribution is -0.274. The summed E-state index contributed by atoms with van der Waals surface area (Å²) in [5, 5.41) is 4.26. The van der Waals surface area contributed by atoms with E-state index in [2.05, 4.69) is 15.0 Å². The summed E-state index contributed by atoms with van der Waals surface area (Å²) in [4.78, 5) is 28.5. The third-order valence-corrected chi connectivity index (χ3v) is 3.98. The third-order valence-electron chi connectivity index (χ3n) is 3.20. The van der Waals surface area contributed by atoms with Gasteiger partial charge in [0.1, 0.15) is 5.75 Å². The van der Waals surface area contributed by atoms with Crippen LogP contribution >= 0.6 is 11.3 Å². The number of rotatable bonds is 6. The first-order valence-electron chi connectivity index (χ1n) is 7.51. The van der Waals surface area contributed by atoms with E-state index in [1.54, 1.807) is 16.8 Å². The smallest absolute Gasteiger partial charge is 0.455 e. The number of imidazole rings is 1. The van der Waals surface area contributed by atoms with Crippen LogP contribution in [-0.2, 0) is 20.7 Å². The van der Waals surface area contributed by atoms with Gasteiger partial charge in [-0.15, -0.1) is 24.5 Å². The number of amides is 1. The number of alkyl halides is 3. The molecule has 2 heterocycles. The maximum absolute atomic E-state index is 12.1. The maximum atomic E-state index is 12.1. The van der Waals surface area contributed by atoms with Gasteiger partial charge in [-0.3, -0.25) is 14.0 Å². The highest BCUT2D eigenvalue weighted by molar-refractivity contribution is 7.15. The first-order chi connectivity index (χ1) is 12.8. The first kappa shape index (κ1) is 18.7. The summed E-state index contributed by atoms with van der Waals surface area (Å²) < 4.78 is 46.6. The summed E-state index contributed by atoms with van der Waals surface area (Å²) in [5.74, 6) is -1.66. The van der Waals surface area contributed by atoms with Gasteiger partial charge >= 0.3 is 12.3 Å². The van der Waals surface area contributed by atoms with Crippen molar-refractivity contribution >= 4 is 33.9 Å². The average molecular weight is 399 g/mol. The zero-order valence-electron chi connectivity index (χ0n) is 13.5. The number of nitrogens with zero attached hydrogens (tertiary/aromatic N) is 2. The number of fused-ring (bicyclic) bond motifs is 1. The Labute approximate surface area is 154 Å². The summed E-state index contributed by atoms with van der Waals surface area (Å²) in [6, 6.07) is 4.58. The molecule has 11 heteroatoms. The van der Waals surface area contributed by atoms with Gasteiger partial charge in [0.25, 0.3) is 5.91 Å². The molecule has 3 aromatic rings. The maximum Gasteiger partial charge on any atom is 0.573 e. The second kappa shape index (κ2) is 7.66. The molecule has 0 atom stereocenters. The average Bonchev–Trinajstić information content (AvgIpc) is 3.15. The SMILES string of the molecule is O=C(COC(=O)Cc1cn2ccsc2n1)Nc1ccc(OC(F)(F)F)cc1. The molecule has 2 aromatic heterocycles. The molecule has 27 heavy (non-hydrogen) atoms. The Kier molecular flexibility index (Phi) is 5.31. The second-order valence-corrected chi connectivity index (χ2v) is 6.16. The number of nitrogens with one attached hydrogen (secondary N) is 1. The quantitative estimate of drug-likeness (QED) is 0.645. The van der Waals surface area contributed by atoms with Crippen molar-refractivity contribution in [2.45, 2.75) is 12.8 Å². The van der Waals surface area contributed by atoms with Gasteiger partial charge in [0, 0.05) is 23.5 Å². The second-order valence-electron chi connectivity index (χ2n) is 5.28. The lowest BCUT2D eigenvalue weighted by Crippen LogP contribution is -2.21. The number of ether oxygens (including phenoxy) is 2. The number of hydrogen-bond donors (Lipinski definition) is 1. The molecule has 7 nitrogen and oxygen atoms in total. The molecule has 0 spiro atoms. The summed E-state index contributed by atoms with van der Waals surface area (Å²) in [5.41, 5.74) is 0.757. The first-order valence-corrected chi connectivity index (χ1v) is 8.39. The monoisotopic (exact) mass is 399 g/mol. The fourth-order valence-electron chi connectivity index (χ4n) is 2.14. The van der Waals surface area contributed by atoms with Gasteiger partial charge in [-0.25, -0.2) is 4.98 Å². The molecule has 0 aliphatic carbocycles. The molecule has 3 rings (SSSR count). The van der Waals surface area contributed by atoms with E-state index in [0.29, 0.717) is 5.69 Å². The highest BCUT2D eigenvalue weighted by Crippen LogP contribution is 2.23. The number of carbonyl (C=O) groups is 2. The Balaban J connectivity index is 1.44. The predicted molar refractivity (Wildman–Crippen MR) is 89.5 cm³/mol. The fourth-order valence-corrected chi connectivity index (χ4v) is 2.86. The highest BCUT2D eigenvalue weighted by atomic mass is 32.1. The van der Waals surface area contributed by atoms with Crippen LogP contribution in [0.3, 0.4) is 0 Å². The third kappa shape index (κ3) is 5.45. The van der Waals surface area contributed by atoms with Gasteiger partial charge in [0.15, 0.2) is 11.6 Å². The van der Waals surface area contributed by atoms with Crippen LogP contribution in [0.2, 0.25) is 0 Å². The van der Waals surface area contributed by atoms with Gasteiger partial charge in [0.2, 0.25) is 0 Å². The Bertz CT molecular complexity index is 921. The molecule has 0 bridgehead atoms. The van der Waals surface area contributed by atoms with Gasteiger partial charge in [-0.1, -0.05) is 0 Å². The molecule has 0 aliphatic heterocycles. The Morgan fingerprint density at radius 3 is 2.63 bits per heavy atom. The van der Waals surface area contributed by atoms with Crippen molar-refractivity contribution in [3.05, 3.63) is 47.7 Å². The normalized spacial score (nSPS) is 11.4. The lowest BCUT2D eigenvalue weighted by atomic mass is 10.3. The van der Waals surface area contributed by atoms with Crippen LogP contribution in [0, 0.1) is 0 Å². The minimum absolute atomic E-state index is 0.0782. The van der Waals surface area contributed by atoms with Crippen molar-refractivity contribution in [2.24, 2.45) is 0 Å². The van der Waals surface area contributed by atoms with Gasteiger partial charge in [-0.2, -0.15) is 0 Å². The standard InChI is InChI=1S/C16H12F3N3O4S/c17-16(18,19)26-12-3-1-10(2-4-12)20-13(23)9-25-14(24)7-11-8-22-5-6-27-15(22)21-11/h1-6,8H,7,9H2,(H,20,23). The molecule has 1 amide bonds. The Morgan fingerprint density at radius 1 is 1.22 bits per heavy atom. The molecule has 0 saturated heterocycles. The topological polar surface area (TPSA) is 81.9 Å². The summed E-state index contributed by atoms with van der Waals surface area (Å²) >= 11 is 1.42. The molecule has 0 saturated carbocycles. The van der Waals surface area contributed by atoms with Crippen LogP contribution in [-0.4, -0.2) is 34.2 Å². The zero-order valence-corrected chi connectivity index (χ0v) is 14.3. The van der Waals surface area contributed by atoms with Crippen molar-refractivity contribution in [3.63, 3.8) is 0 Å². The van der Waals surface area contributed by atoms with Crippen molar-refractivity contribution in [1.82, 2.24) is 9.38 Å². The summed E-state index contributed by atoms with van der Waals surface area (Å²) in [6.07, 6.45) is -1.37. The molecule has 0 radical (unpaired) electrons. The van der Waals surface area contributed by atoms with E-state index in [-0.39, 0.29) is 12.1 Å². The Morgan fingerprint density at radius 2 is 1.96 bits per heavy atom. The molecular formula is C16H12F3N3O4S. The van der Waals surface area contributed by atoms with E-state index in [0.717, 1.165) is 17.1 Å². The molecule has 0 fully saturated rings. The van der Waals surface area contributed by atoms with Crippen LogP contribution in [0.15, 0.2) is 42.0 Å². The van der Waals surface area contributed by atoms with E-state index in [4.69, 9.17) is 4.74 Å². The van der Waals surface area contributed by atoms with Gasteiger partial charge in [-0.05, 0) is 24.3 Å². The van der Waals surface area contributed by atoms with E-state index >= 15 is 0 Å². The number of benzene rings is 1. The van der Waals surface area contributed by atoms with Crippen molar-refractivity contribution < 1.29 is 32.2 Å². The van der Waals surface area contributed by atoms with E-state index in [1.165, 1.54) is 23.5 Å². The number of aromatic nitrogens is 2. The van der Waals surface area contributed by atoms with Crippen LogP contribution in [0.4, 0.5) is 18.9 Å². The Hall–Kier alpha value is -3.08. The number of esters is 1. The lowest BCUT2D eigenvalue weighted by Gasteiger charge is -2.10. The van der Waals surface area contributed by atoms with E-state index in [9.17, 15) is 22.8 Å². The van der Waals surface area contributed by atoms with Crippen molar-refractivity contribution in [3.8, 4) is 5.75 Å². The van der Waals surface area contributed by atoms with Crippen LogP contribution in [0.1, 0.15) is 5.69 Å². The van der Waals surface area contributed by atoms with E-state index < -0.39 is 30.6 Å². The van der Waals surface area contributed by atoms with E-state index in [1.807, 2.05) is 5.38 Å². The highest BCUT2D eigenvalue weighted by Gasteiger charge is 2.30. The molecule has 1 N–H and O–H groups in total. The number of hydrogen-bond acceptors (Lipinski definition) is 6. The van der Waals surface area contributed by atoms with Crippen LogP contribution < -0.4 is 10.1 Å². The number of halogens is 3. The zero-order chi connectivity index (χ0) is 19.4.